The molecule has 0 amide bonds. The second-order valence-corrected chi connectivity index (χ2v) is 3.73. The van der Waals surface area contributed by atoms with E-state index in [4.69, 9.17) is 10.8 Å². The Morgan fingerprint density at radius 2 is 2.25 bits per heavy atom. The standard InChI is InChI=1S/C9H17NO2/c10-8-3-1-2-7(6-8)4-5-9(11)12/h7-8H,1-6,10H2,(H,11,12). The maximum Gasteiger partial charge on any atom is 0.303 e. The van der Waals surface area contributed by atoms with E-state index in [2.05, 4.69) is 0 Å². The van der Waals surface area contributed by atoms with E-state index >= 15 is 0 Å². The predicted molar refractivity (Wildman–Crippen MR) is 46.8 cm³/mol. The van der Waals surface area contributed by atoms with Gasteiger partial charge in [-0.05, 0) is 25.2 Å². The van der Waals surface area contributed by atoms with E-state index in [-0.39, 0.29) is 0 Å². The highest BCUT2D eigenvalue weighted by Gasteiger charge is 2.19. The van der Waals surface area contributed by atoms with Crippen LogP contribution in [0.5, 0.6) is 0 Å². The highest BCUT2D eigenvalue weighted by molar-refractivity contribution is 5.66. The smallest absolute Gasteiger partial charge is 0.303 e. The maximum atomic E-state index is 10.3. The molecule has 70 valence electrons. The van der Waals surface area contributed by atoms with Gasteiger partial charge in [0.2, 0.25) is 0 Å². The summed E-state index contributed by atoms with van der Waals surface area (Å²) >= 11 is 0. The fourth-order valence-electron chi connectivity index (χ4n) is 1.92. The molecule has 3 heteroatoms. The molecule has 0 heterocycles. The van der Waals surface area contributed by atoms with Crippen LogP contribution >= 0.6 is 0 Å². The van der Waals surface area contributed by atoms with Crippen molar-refractivity contribution in [1.29, 1.82) is 0 Å². The van der Waals surface area contributed by atoms with Gasteiger partial charge in [0.15, 0.2) is 0 Å². The van der Waals surface area contributed by atoms with Crippen LogP contribution in [0.2, 0.25) is 0 Å². The zero-order chi connectivity index (χ0) is 8.97. The van der Waals surface area contributed by atoms with Crippen LogP contribution in [0.1, 0.15) is 38.5 Å². The Morgan fingerprint density at radius 3 is 2.83 bits per heavy atom. The van der Waals surface area contributed by atoms with Crippen LogP contribution in [0.15, 0.2) is 0 Å². The third-order valence-corrected chi connectivity index (χ3v) is 2.59. The molecule has 1 aliphatic rings. The van der Waals surface area contributed by atoms with Crippen LogP contribution in [0, 0.1) is 5.92 Å². The number of nitrogens with two attached hydrogens (primary N) is 1. The lowest BCUT2D eigenvalue weighted by Crippen LogP contribution is -2.28. The van der Waals surface area contributed by atoms with Crippen molar-refractivity contribution in [2.24, 2.45) is 11.7 Å². The average molecular weight is 171 g/mol. The molecule has 0 saturated heterocycles. The molecule has 0 bridgehead atoms. The van der Waals surface area contributed by atoms with Crippen molar-refractivity contribution in [3.8, 4) is 0 Å². The minimum Gasteiger partial charge on any atom is -0.481 e. The molecule has 2 atom stereocenters. The van der Waals surface area contributed by atoms with Crippen LogP contribution < -0.4 is 5.73 Å². The molecule has 1 aliphatic carbocycles. The van der Waals surface area contributed by atoms with E-state index in [1.807, 2.05) is 0 Å². The van der Waals surface area contributed by atoms with Crippen molar-refractivity contribution in [2.75, 3.05) is 0 Å². The summed E-state index contributed by atoms with van der Waals surface area (Å²) in [6, 6.07) is 0.317. The number of hydrogen-bond donors (Lipinski definition) is 2. The summed E-state index contributed by atoms with van der Waals surface area (Å²) in [6.07, 6.45) is 5.59. The summed E-state index contributed by atoms with van der Waals surface area (Å²) < 4.78 is 0. The number of aliphatic carboxylic acids is 1. The van der Waals surface area contributed by atoms with E-state index in [1.54, 1.807) is 0 Å². The molecular formula is C9H17NO2. The second-order valence-electron chi connectivity index (χ2n) is 3.73. The lowest BCUT2D eigenvalue weighted by Gasteiger charge is -2.25. The molecule has 0 spiro atoms. The molecule has 3 N–H and O–H groups in total. The van der Waals surface area contributed by atoms with Gasteiger partial charge in [-0.15, -0.1) is 0 Å². The lowest BCUT2D eigenvalue weighted by molar-refractivity contribution is -0.137. The molecule has 0 aliphatic heterocycles. The Labute approximate surface area is 72.9 Å². The van der Waals surface area contributed by atoms with Gasteiger partial charge >= 0.3 is 5.97 Å². The van der Waals surface area contributed by atoms with Crippen molar-refractivity contribution < 1.29 is 9.90 Å². The molecular weight excluding hydrogens is 154 g/mol. The van der Waals surface area contributed by atoms with Gasteiger partial charge in [-0.3, -0.25) is 4.79 Å². The Kier molecular flexibility index (Phi) is 3.53. The lowest BCUT2D eigenvalue weighted by atomic mass is 9.83. The third-order valence-electron chi connectivity index (χ3n) is 2.59. The maximum absolute atomic E-state index is 10.3. The summed E-state index contributed by atoms with van der Waals surface area (Å²) in [5.41, 5.74) is 5.78. The van der Waals surface area contributed by atoms with Crippen LogP contribution in [0.3, 0.4) is 0 Å². The number of hydrogen-bond acceptors (Lipinski definition) is 2. The van der Waals surface area contributed by atoms with Gasteiger partial charge < -0.3 is 10.8 Å². The fourth-order valence-corrected chi connectivity index (χ4v) is 1.92. The van der Waals surface area contributed by atoms with Gasteiger partial charge in [-0.1, -0.05) is 12.8 Å². The van der Waals surface area contributed by atoms with Gasteiger partial charge in [0.05, 0.1) is 0 Å². The molecule has 0 aromatic rings. The highest BCUT2D eigenvalue weighted by atomic mass is 16.4. The molecule has 0 radical (unpaired) electrons. The minimum atomic E-state index is -0.686. The number of carbonyl (C=O) groups is 1. The fraction of sp³-hybridized carbons (Fsp3) is 0.889. The van der Waals surface area contributed by atoms with Gasteiger partial charge in [-0.25, -0.2) is 0 Å². The zero-order valence-electron chi connectivity index (χ0n) is 7.33. The van der Waals surface area contributed by atoms with E-state index < -0.39 is 5.97 Å². The van der Waals surface area contributed by atoms with Crippen LogP contribution in [-0.2, 0) is 4.79 Å². The summed E-state index contributed by atoms with van der Waals surface area (Å²) in [5, 5.41) is 8.48. The first kappa shape index (κ1) is 9.52. The predicted octanol–water partition coefficient (Wildman–Crippen LogP) is 1.37. The van der Waals surface area contributed by atoms with E-state index in [0.717, 1.165) is 19.3 Å². The average Bonchev–Trinajstić information content (AvgIpc) is 2.01. The Morgan fingerprint density at radius 1 is 1.50 bits per heavy atom. The summed E-state index contributed by atoms with van der Waals surface area (Å²) in [4.78, 5) is 10.3. The van der Waals surface area contributed by atoms with E-state index in [0.29, 0.717) is 18.4 Å². The Balaban J connectivity index is 2.18. The SMILES string of the molecule is NC1CCCC(CCC(=O)O)C1. The Hall–Kier alpha value is -0.570. The quantitative estimate of drug-likeness (QED) is 0.674. The van der Waals surface area contributed by atoms with Gasteiger partial charge in [0.1, 0.15) is 0 Å². The number of carboxylic acids is 1. The monoisotopic (exact) mass is 171 g/mol. The Bertz CT molecular complexity index is 159. The van der Waals surface area contributed by atoms with Crippen LogP contribution in [-0.4, -0.2) is 17.1 Å². The van der Waals surface area contributed by atoms with Crippen molar-refractivity contribution in [2.45, 2.75) is 44.6 Å². The van der Waals surface area contributed by atoms with Crippen molar-refractivity contribution >= 4 is 5.97 Å². The molecule has 1 rings (SSSR count). The number of carboxylic acid groups (broad SMARTS) is 1. The third kappa shape index (κ3) is 3.22. The highest BCUT2D eigenvalue weighted by Crippen LogP contribution is 2.26. The van der Waals surface area contributed by atoms with E-state index in [9.17, 15) is 4.79 Å². The molecule has 1 saturated carbocycles. The van der Waals surface area contributed by atoms with Crippen molar-refractivity contribution in [3.05, 3.63) is 0 Å². The van der Waals surface area contributed by atoms with Crippen LogP contribution in [0.4, 0.5) is 0 Å². The van der Waals surface area contributed by atoms with Crippen molar-refractivity contribution in [3.63, 3.8) is 0 Å². The van der Waals surface area contributed by atoms with Gasteiger partial charge in [0, 0.05) is 12.5 Å². The number of rotatable bonds is 3. The molecule has 3 nitrogen and oxygen atoms in total. The first-order valence-corrected chi connectivity index (χ1v) is 4.66. The van der Waals surface area contributed by atoms with E-state index in [1.165, 1.54) is 12.8 Å². The molecule has 0 aromatic carbocycles. The minimum absolute atomic E-state index is 0.303. The molecule has 12 heavy (non-hydrogen) atoms. The van der Waals surface area contributed by atoms with Gasteiger partial charge in [0.25, 0.3) is 0 Å². The normalized spacial score (nSPS) is 30.1. The summed E-state index contributed by atoms with van der Waals surface area (Å²) in [5.74, 6) is -0.126. The van der Waals surface area contributed by atoms with Gasteiger partial charge in [-0.2, -0.15) is 0 Å². The summed E-state index contributed by atoms with van der Waals surface area (Å²) in [6.45, 7) is 0. The van der Waals surface area contributed by atoms with Crippen molar-refractivity contribution in [1.82, 2.24) is 0 Å². The topological polar surface area (TPSA) is 63.3 Å². The zero-order valence-corrected chi connectivity index (χ0v) is 7.33. The second kappa shape index (κ2) is 4.45. The molecule has 0 aromatic heterocycles. The molecule has 1 fully saturated rings. The summed E-state index contributed by atoms with van der Waals surface area (Å²) in [7, 11) is 0. The molecule has 2 unspecified atom stereocenters. The van der Waals surface area contributed by atoms with Crippen LogP contribution in [0.25, 0.3) is 0 Å². The first-order valence-electron chi connectivity index (χ1n) is 4.66. The first-order chi connectivity index (χ1) is 5.68. The largest absolute Gasteiger partial charge is 0.481 e.